The average molecular weight is 336 g/mol. The number of nitrogens with zero attached hydrogens (tertiary/aromatic N) is 2. The number of thiophene rings is 1. The van der Waals surface area contributed by atoms with Gasteiger partial charge in [-0.1, -0.05) is 0 Å². The molecular weight excluding hydrogens is 323 g/mol. The number of carbonyl (C=O) groups excluding carboxylic acids is 1. The van der Waals surface area contributed by atoms with E-state index in [1.807, 2.05) is 11.4 Å². The van der Waals surface area contributed by atoms with E-state index in [0.29, 0.717) is 13.1 Å². The van der Waals surface area contributed by atoms with Crippen LogP contribution in [0.2, 0.25) is 0 Å². The molecule has 2 heterocycles. The molecule has 0 bridgehead atoms. The summed E-state index contributed by atoms with van der Waals surface area (Å²) in [6.07, 6.45) is 0.810. The maximum Gasteiger partial charge on any atom is 0.272 e. The van der Waals surface area contributed by atoms with Gasteiger partial charge in [0.25, 0.3) is 11.6 Å². The summed E-state index contributed by atoms with van der Waals surface area (Å²) in [6.45, 7) is 0.844. The zero-order valence-electron chi connectivity index (χ0n) is 12.0. The molecule has 1 aromatic carbocycles. The zero-order chi connectivity index (χ0) is 16.4. The fourth-order valence-electron chi connectivity index (χ4n) is 2.41. The maximum atomic E-state index is 13.7. The van der Waals surface area contributed by atoms with Crippen LogP contribution in [0.25, 0.3) is 0 Å². The third-order valence-corrected chi connectivity index (χ3v) is 4.66. The van der Waals surface area contributed by atoms with Gasteiger partial charge in [-0.15, -0.1) is 11.3 Å². The second-order valence-electron chi connectivity index (χ2n) is 5.09. The molecule has 0 radical (unpaired) electrons. The fraction of sp³-hybridized carbons (Fsp3) is 0.267. The number of benzene rings is 1. The Hall–Kier alpha value is -2.48. The van der Waals surface area contributed by atoms with Crippen molar-refractivity contribution < 1.29 is 18.8 Å². The molecule has 1 aromatic heterocycles. The van der Waals surface area contributed by atoms with Gasteiger partial charge in [-0.2, -0.15) is 0 Å². The van der Waals surface area contributed by atoms with Crippen LogP contribution in [-0.4, -0.2) is 28.9 Å². The first-order chi connectivity index (χ1) is 11.0. The van der Waals surface area contributed by atoms with Crippen LogP contribution >= 0.6 is 11.3 Å². The summed E-state index contributed by atoms with van der Waals surface area (Å²) < 4.78 is 18.9. The second kappa shape index (κ2) is 6.33. The quantitative estimate of drug-likeness (QED) is 0.636. The van der Waals surface area contributed by atoms with Gasteiger partial charge < -0.3 is 9.64 Å². The standard InChI is InChI=1S/C15H13FN2O4S/c16-12-7-11(18(20)21)1-2-13(12)22-9-15(19)17-5-3-14-10(8-17)4-6-23-14/h1-2,4,6-7H,3,5,8-9H2. The van der Waals surface area contributed by atoms with E-state index in [-0.39, 0.29) is 24.0 Å². The van der Waals surface area contributed by atoms with Crippen molar-refractivity contribution in [3.63, 3.8) is 0 Å². The van der Waals surface area contributed by atoms with Crippen LogP contribution in [0.3, 0.4) is 0 Å². The summed E-state index contributed by atoms with van der Waals surface area (Å²) in [4.78, 5) is 25.0. The first kappa shape index (κ1) is 15.4. The van der Waals surface area contributed by atoms with Gasteiger partial charge >= 0.3 is 0 Å². The van der Waals surface area contributed by atoms with Crippen molar-refractivity contribution in [2.24, 2.45) is 0 Å². The first-order valence-electron chi connectivity index (χ1n) is 6.94. The van der Waals surface area contributed by atoms with Crippen molar-refractivity contribution in [2.45, 2.75) is 13.0 Å². The highest BCUT2D eigenvalue weighted by Gasteiger charge is 2.22. The lowest BCUT2D eigenvalue weighted by molar-refractivity contribution is -0.385. The summed E-state index contributed by atoms with van der Waals surface area (Å²) in [5.74, 6) is -1.26. The number of nitro benzene ring substituents is 1. The molecule has 0 N–H and O–H groups in total. The molecule has 3 rings (SSSR count). The lowest BCUT2D eigenvalue weighted by Gasteiger charge is -2.27. The van der Waals surface area contributed by atoms with E-state index in [2.05, 4.69) is 0 Å². The zero-order valence-corrected chi connectivity index (χ0v) is 12.8. The highest BCUT2D eigenvalue weighted by Crippen LogP contribution is 2.25. The molecule has 0 unspecified atom stereocenters. The van der Waals surface area contributed by atoms with Gasteiger partial charge in [0.15, 0.2) is 18.2 Å². The van der Waals surface area contributed by atoms with Crippen LogP contribution < -0.4 is 4.74 Å². The number of non-ortho nitro benzene ring substituents is 1. The number of nitro groups is 1. The highest BCUT2D eigenvalue weighted by molar-refractivity contribution is 7.10. The molecule has 0 atom stereocenters. The molecule has 1 aliphatic rings. The number of carbonyl (C=O) groups is 1. The third-order valence-electron chi connectivity index (χ3n) is 3.64. The molecule has 0 spiro atoms. The van der Waals surface area contributed by atoms with Gasteiger partial charge in [-0.25, -0.2) is 4.39 Å². The molecule has 1 aliphatic heterocycles. The Morgan fingerprint density at radius 3 is 3.00 bits per heavy atom. The minimum Gasteiger partial charge on any atom is -0.481 e. The van der Waals surface area contributed by atoms with E-state index >= 15 is 0 Å². The smallest absolute Gasteiger partial charge is 0.272 e. The summed E-state index contributed by atoms with van der Waals surface area (Å²) >= 11 is 1.68. The first-order valence-corrected chi connectivity index (χ1v) is 7.82. The minimum absolute atomic E-state index is 0.169. The number of ether oxygens (including phenoxy) is 1. The molecule has 120 valence electrons. The maximum absolute atomic E-state index is 13.7. The van der Waals surface area contributed by atoms with E-state index in [9.17, 15) is 19.3 Å². The number of halogens is 1. The number of hydrogen-bond acceptors (Lipinski definition) is 5. The lowest BCUT2D eigenvalue weighted by Crippen LogP contribution is -2.38. The van der Waals surface area contributed by atoms with Crippen molar-refractivity contribution in [3.05, 3.63) is 56.0 Å². The number of hydrogen-bond donors (Lipinski definition) is 0. The van der Waals surface area contributed by atoms with Gasteiger partial charge in [0.1, 0.15) is 0 Å². The molecule has 2 aromatic rings. The van der Waals surface area contributed by atoms with Gasteiger partial charge in [-0.05, 0) is 29.5 Å². The number of amides is 1. The Bertz CT molecular complexity index is 762. The predicted octanol–water partition coefficient (Wildman–Crippen LogP) is 2.76. The molecule has 1 amide bonds. The Balaban J connectivity index is 1.60. The van der Waals surface area contributed by atoms with Crippen LogP contribution in [0.1, 0.15) is 10.4 Å². The number of rotatable bonds is 4. The van der Waals surface area contributed by atoms with Gasteiger partial charge in [-0.3, -0.25) is 14.9 Å². The molecule has 23 heavy (non-hydrogen) atoms. The normalized spacial score (nSPS) is 13.5. The van der Waals surface area contributed by atoms with Gasteiger partial charge in [0.2, 0.25) is 0 Å². The SMILES string of the molecule is O=C(COc1ccc([N+](=O)[O-])cc1F)N1CCc2sccc2C1. The Kier molecular flexibility index (Phi) is 4.24. The van der Waals surface area contributed by atoms with Gasteiger partial charge in [0.05, 0.1) is 11.0 Å². The lowest BCUT2D eigenvalue weighted by atomic mass is 10.1. The van der Waals surface area contributed by atoms with Crippen LogP contribution in [0.5, 0.6) is 5.75 Å². The molecule has 6 nitrogen and oxygen atoms in total. The van der Waals surface area contributed by atoms with E-state index in [4.69, 9.17) is 4.74 Å². The van der Waals surface area contributed by atoms with Gasteiger partial charge in [0, 0.05) is 24.0 Å². The van der Waals surface area contributed by atoms with Crippen LogP contribution in [0, 0.1) is 15.9 Å². The minimum atomic E-state index is -0.856. The highest BCUT2D eigenvalue weighted by atomic mass is 32.1. The van der Waals surface area contributed by atoms with E-state index < -0.39 is 10.7 Å². The van der Waals surface area contributed by atoms with E-state index in [0.717, 1.165) is 30.2 Å². The molecule has 0 fully saturated rings. The van der Waals surface area contributed by atoms with E-state index in [1.54, 1.807) is 16.2 Å². The number of fused-ring (bicyclic) bond motifs is 1. The van der Waals surface area contributed by atoms with Crippen LogP contribution in [-0.2, 0) is 17.8 Å². The van der Waals surface area contributed by atoms with Crippen molar-refractivity contribution in [2.75, 3.05) is 13.2 Å². The van der Waals surface area contributed by atoms with E-state index in [1.165, 1.54) is 4.88 Å². The Morgan fingerprint density at radius 2 is 2.26 bits per heavy atom. The van der Waals surface area contributed by atoms with Crippen LogP contribution in [0.4, 0.5) is 10.1 Å². The third kappa shape index (κ3) is 3.31. The fourth-order valence-corrected chi connectivity index (χ4v) is 3.30. The van der Waals surface area contributed by atoms with Crippen molar-refractivity contribution in [1.29, 1.82) is 0 Å². The summed E-state index contributed by atoms with van der Waals surface area (Å²) in [5, 5.41) is 12.6. The largest absolute Gasteiger partial charge is 0.481 e. The molecule has 0 aliphatic carbocycles. The monoisotopic (exact) mass is 336 g/mol. The van der Waals surface area contributed by atoms with Crippen molar-refractivity contribution >= 4 is 22.9 Å². The summed E-state index contributed by atoms with van der Waals surface area (Å²) in [5.41, 5.74) is 0.776. The molecule has 0 saturated carbocycles. The average Bonchev–Trinajstić information content (AvgIpc) is 3.00. The Labute approximate surface area is 135 Å². The van der Waals surface area contributed by atoms with Crippen molar-refractivity contribution in [3.8, 4) is 5.75 Å². The summed E-state index contributed by atoms with van der Waals surface area (Å²) in [7, 11) is 0. The molecule has 0 saturated heterocycles. The molecule has 8 heteroatoms. The van der Waals surface area contributed by atoms with Crippen LogP contribution in [0.15, 0.2) is 29.6 Å². The summed E-state index contributed by atoms with van der Waals surface area (Å²) in [6, 6.07) is 5.07. The Morgan fingerprint density at radius 1 is 1.43 bits per heavy atom. The topological polar surface area (TPSA) is 72.7 Å². The van der Waals surface area contributed by atoms with Crippen molar-refractivity contribution in [1.82, 2.24) is 4.90 Å². The predicted molar refractivity (Wildman–Crippen MR) is 82.0 cm³/mol. The molecular formula is C15H13FN2O4S. The second-order valence-corrected chi connectivity index (χ2v) is 6.10.